The number of nitriles is 1. The van der Waals surface area contributed by atoms with Crippen LogP contribution in [0.1, 0.15) is 22.6 Å². The number of aryl methyl sites for hydroxylation is 1. The maximum Gasteiger partial charge on any atom is 0.258 e. The SMILES string of the molecule is Cc1ccc([C@H]2c3c(nc(Nc4ccccc4)[nH]c3=O)NC(=O)[C@H]2C#N)cc1. The summed E-state index contributed by atoms with van der Waals surface area (Å²) in [6.45, 7) is 1.95. The Morgan fingerprint density at radius 2 is 1.79 bits per heavy atom. The lowest BCUT2D eigenvalue weighted by molar-refractivity contribution is -0.119. The molecule has 28 heavy (non-hydrogen) atoms. The van der Waals surface area contributed by atoms with Crippen LogP contribution in [0.15, 0.2) is 59.4 Å². The van der Waals surface area contributed by atoms with Gasteiger partial charge in [0, 0.05) is 11.6 Å². The number of fused-ring (bicyclic) bond motifs is 1. The smallest absolute Gasteiger partial charge is 0.258 e. The number of nitrogens with zero attached hydrogens (tertiary/aromatic N) is 2. The predicted octanol–water partition coefficient (Wildman–Crippen LogP) is 3.05. The zero-order valence-corrected chi connectivity index (χ0v) is 15.1. The standard InChI is InChI=1S/C21H17N5O2/c1-12-7-9-13(10-8-12)16-15(11-22)19(27)24-18-17(16)20(28)26-21(25-18)23-14-5-3-2-4-6-14/h2-10,15-16H,1H3,(H3,23,24,25,26,27,28)/t15-,16+/m0/s1. The number of para-hydroxylation sites is 1. The van der Waals surface area contributed by atoms with Crippen molar-refractivity contribution < 1.29 is 4.79 Å². The van der Waals surface area contributed by atoms with Gasteiger partial charge in [0.15, 0.2) is 0 Å². The van der Waals surface area contributed by atoms with Crippen LogP contribution in [0, 0.1) is 24.2 Å². The summed E-state index contributed by atoms with van der Waals surface area (Å²) in [5.74, 6) is -1.77. The molecule has 2 aromatic carbocycles. The fourth-order valence-electron chi connectivity index (χ4n) is 3.36. The van der Waals surface area contributed by atoms with E-state index in [9.17, 15) is 14.9 Å². The summed E-state index contributed by atoms with van der Waals surface area (Å²) in [5.41, 5.74) is 2.41. The van der Waals surface area contributed by atoms with Crippen molar-refractivity contribution in [2.45, 2.75) is 12.8 Å². The van der Waals surface area contributed by atoms with Crippen LogP contribution >= 0.6 is 0 Å². The van der Waals surface area contributed by atoms with Gasteiger partial charge in [0.1, 0.15) is 11.7 Å². The topological polar surface area (TPSA) is 111 Å². The number of aromatic amines is 1. The summed E-state index contributed by atoms with van der Waals surface area (Å²) in [4.78, 5) is 32.5. The normalized spacial score (nSPS) is 17.9. The molecular formula is C21H17N5O2. The highest BCUT2D eigenvalue weighted by Gasteiger charge is 2.40. The Morgan fingerprint density at radius 3 is 2.46 bits per heavy atom. The molecule has 0 bridgehead atoms. The molecule has 0 aliphatic carbocycles. The van der Waals surface area contributed by atoms with Crippen LogP contribution in [0.3, 0.4) is 0 Å². The van der Waals surface area contributed by atoms with Crippen LogP contribution in [-0.2, 0) is 4.79 Å². The first-order chi connectivity index (χ1) is 13.6. The van der Waals surface area contributed by atoms with Crippen molar-refractivity contribution in [2.75, 3.05) is 10.6 Å². The lowest BCUT2D eigenvalue weighted by Gasteiger charge is -2.28. The van der Waals surface area contributed by atoms with E-state index in [-0.39, 0.29) is 17.3 Å². The maximum atomic E-state index is 12.9. The number of carbonyl (C=O) groups excluding carboxylic acids is 1. The van der Waals surface area contributed by atoms with Gasteiger partial charge in [-0.1, -0.05) is 48.0 Å². The number of aromatic nitrogens is 2. The lowest BCUT2D eigenvalue weighted by Crippen LogP contribution is -2.38. The molecule has 1 aromatic heterocycles. The quantitative estimate of drug-likeness (QED) is 0.655. The molecule has 7 nitrogen and oxygen atoms in total. The number of anilines is 3. The Balaban J connectivity index is 1.82. The van der Waals surface area contributed by atoms with Gasteiger partial charge in [0.05, 0.1) is 11.6 Å². The number of benzene rings is 2. The van der Waals surface area contributed by atoms with E-state index in [0.29, 0.717) is 0 Å². The van der Waals surface area contributed by atoms with Crippen LogP contribution in [-0.4, -0.2) is 15.9 Å². The number of H-pyrrole nitrogens is 1. The Morgan fingerprint density at radius 1 is 1.07 bits per heavy atom. The molecule has 3 N–H and O–H groups in total. The van der Waals surface area contributed by atoms with Gasteiger partial charge in [-0.15, -0.1) is 0 Å². The second-order valence-electron chi connectivity index (χ2n) is 6.65. The van der Waals surface area contributed by atoms with Gasteiger partial charge in [-0.05, 0) is 24.6 Å². The lowest BCUT2D eigenvalue weighted by atomic mass is 9.79. The van der Waals surface area contributed by atoms with Crippen molar-refractivity contribution >= 4 is 23.4 Å². The molecule has 0 radical (unpaired) electrons. The average molecular weight is 371 g/mol. The molecule has 1 aliphatic heterocycles. The Kier molecular flexibility index (Phi) is 4.38. The first-order valence-electron chi connectivity index (χ1n) is 8.80. The summed E-state index contributed by atoms with van der Waals surface area (Å²) < 4.78 is 0. The van der Waals surface area contributed by atoms with Gasteiger partial charge >= 0.3 is 0 Å². The Bertz CT molecular complexity index is 1130. The van der Waals surface area contributed by atoms with Gasteiger partial charge in [-0.25, -0.2) is 0 Å². The third-order valence-electron chi connectivity index (χ3n) is 4.74. The summed E-state index contributed by atoms with van der Waals surface area (Å²) in [7, 11) is 0. The van der Waals surface area contributed by atoms with Crippen molar-refractivity contribution in [1.82, 2.24) is 9.97 Å². The van der Waals surface area contributed by atoms with Crippen molar-refractivity contribution in [2.24, 2.45) is 5.92 Å². The van der Waals surface area contributed by atoms with Gasteiger partial charge in [-0.2, -0.15) is 10.2 Å². The van der Waals surface area contributed by atoms with Crippen molar-refractivity contribution in [3.63, 3.8) is 0 Å². The van der Waals surface area contributed by atoms with Crippen molar-refractivity contribution in [1.29, 1.82) is 5.26 Å². The van der Waals surface area contributed by atoms with Crippen LogP contribution in [0.2, 0.25) is 0 Å². The van der Waals surface area contributed by atoms with Crippen LogP contribution < -0.4 is 16.2 Å². The highest BCUT2D eigenvalue weighted by atomic mass is 16.2. The third kappa shape index (κ3) is 3.12. The van der Waals surface area contributed by atoms with Gasteiger partial charge in [-0.3, -0.25) is 14.6 Å². The summed E-state index contributed by atoms with van der Waals surface area (Å²) in [6.07, 6.45) is 0. The summed E-state index contributed by atoms with van der Waals surface area (Å²) >= 11 is 0. The van der Waals surface area contributed by atoms with Crippen LogP contribution in [0.4, 0.5) is 17.5 Å². The molecular weight excluding hydrogens is 354 g/mol. The largest absolute Gasteiger partial charge is 0.326 e. The molecule has 7 heteroatoms. The molecule has 3 aromatic rings. The molecule has 0 spiro atoms. The van der Waals surface area contributed by atoms with Gasteiger partial charge in [0.25, 0.3) is 5.56 Å². The minimum absolute atomic E-state index is 0.171. The fourth-order valence-corrected chi connectivity index (χ4v) is 3.36. The number of amides is 1. The number of hydrogen-bond acceptors (Lipinski definition) is 5. The van der Waals surface area contributed by atoms with Crippen LogP contribution in [0.25, 0.3) is 0 Å². The number of rotatable bonds is 3. The van der Waals surface area contributed by atoms with E-state index in [0.717, 1.165) is 16.8 Å². The number of carbonyl (C=O) groups is 1. The molecule has 1 amide bonds. The number of nitrogens with one attached hydrogen (secondary N) is 3. The second-order valence-corrected chi connectivity index (χ2v) is 6.65. The van der Waals surface area contributed by atoms with E-state index >= 15 is 0 Å². The highest BCUT2D eigenvalue weighted by Crippen LogP contribution is 2.38. The Hall–Kier alpha value is -3.92. The minimum atomic E-state index is -1.01. The highest BCUT2D eigenvalue weighted by molar-refractivity contribution is 5.98. The molecule has 0 fully saturated rings. The van der Waals surface area contributed by atoms with Crippen molar-refractivity contribution in [3.8, 4) is 6.07 Å². The molecule has 0 saturated carbocycles. The van der Waals surface area contributed by atoms with E-state index in [1.807, 2.05) is 67.6 Å². The van der Waals surface area contributed by atoms with E-state index in [1.165, 1.54) is 0 Å². The van der Waals surface area contributed by atoms with Gasteiger partial charge in [0.2, 0.25) is 11.9 Å². The second kappa shape index (κ2) is 7.00. The maximum absolute atomic E-state index is 12.9. The molecule has 2 heterocycles. The average Bonchev–Trinajstić information content (AvgIpc) is 2.68. The van der Waals surface area contributed by atoms with E-state index in [4.69, 9.17) is 0 Å². The first kappa shape index (κ1) is 17.5. The zero-order chi connectivity index (χ0) is 19.7. The minimum Gasteiger partial charge on any atom is -0.326 e. The third-order valence-corrected chi connectivity index (χ3v) is 4.74. The zero-order valence-electron chi connectivity index (χ0n) is 15.1. The van der Waals surface area contributed by atoms with Gasteiger partial charge < -0.3 is 10.6 Å². The fraction of sp³-hybridized carbons (Fsp3) is 0.143. The Labute approximate surface area is 161 Å². The molecule has 138 valence electrons. The van der Waals surface area contributed by atoms with E-state index in [2.05, 4.69) is 20.6 Å². The van der Waals surface area contributed by atoms with Crippen LogP contribution in [0.5, 0.6) is 0 Å². The summed E-state index contributed by atoms with van der Waals surface area (Å²) in [6, 6.07) is 18.7. The first-order valence-corrected chi connectivity index (χ1v) is 8.80. The molecule has 4 rings (SSSR count). The molecule has 0 unspecified atom stereocenters. The predicted molar refractivity (Wildman–Crippen MR) is 105 cm³/mol. The molecule has 0 saturated heterocycles. The van der Waals surface area contributed by atoms with Crippen molar-refractivity contribution in [3.05, 3.63) is 81.6 Å². The summed E-state index contributed by atoms with van der Waals surface area (Å²) in [5, 5.41) is 15.2. The van der Waals surface area contributed by atoms with E-state index in [1.54, 1.807) is 0 Å². The number of hydrogen-bond donors (Lipinski definition) is 3. The van der Waals surface area contributed by atoms with E-state index < -0.39 is 23.3 Å². The molecule has 1 aliphatic rings. The molecule has 2 atom stereocenters. The monoisotopic (exact) mass is 371 g/mol.